The van der Waals surface area contributed by atoms with Crippen molar-refractivity contribution in [2.45, 2.75) is 96.8 Å². The predicted octanol–water partition coefficient (Wildman–Crippen LogP) is 5.69. The highest BCUT2D eigenvalue weighted by molar-refractivity contribution is 7.45. The van der Waals surface area contributed by atoms with Crippen LogP contribution < -0.4 is 4.89 Å². The van der Waals surface area contributed by atoms with Gasteiger partial charge in [0.1, 0.15) is 13.2 Å². The third-order valence-corrected chi connectivity index (χ3v) is 6.08. The molecule has 0 bridgehead atoms. The summed E-state index contributed by atoms with van der Waals surface area (Å²) in [5.41, 5.74) is 0. The number of hydrogen-bond acceptors (Lipinski definition) is 5. The van der Waals surface area contributed by atoms with Crippen molar-refractivity contribution in [1.82, 2.24) is 0 Å². The number of phosphoric ester groups is 1. The van der Waals surface area contributed by atoms with Crippen molar-refractivity contribution in [2.24, 2.45) is 0 Å². The van der Waals surface area contributed by atoms with Gasteiger partial charge in [-0.25, -0.2) is 0 Å². The molecule has 0 radical (unpaired) electrons. The lowest BCUT2D eigenvalue weighted by Gasteiger charge is -2.27. The van der Waals surface area contributed by atoms with E-state index >= 15 is 0 Å². The maximum absolute atomic E-state index is 11.7. The molecule has 6 nitrogen and oxygen atoms in total. The SMILES string of the molecule is CCCCCCCCOCCCCCCCCCCOP(=O)([O-])OCC[N+](C)(C)C. The third-order valence-electron chi connectivity index (χ3n) is 5.09. The van der Waals surface area contributed by atoms with Crippen LogP contribution in [0.25, 0.3) is 0 Å². The fourth-order valence-corrected chi connectivity index (χ4v) is 3.83. The predicted molar refractivity (Wildman–Crippen MR) is 124 cm³/mol. The molecule has 30 heavy (non-hydrogen) atoms. The van der Waals surface area contributed by atoms with Gasteiger partial charge in [0.05, 0.1) is 27.7 Å². The maximum Gasteiger partial charge on any atom is 0.268 e. The van der Waals surface area contributed by atoms with Crippen molar-refractivity contribution < 1.29 is 27.7 Å². The largest absolute Gasteiger partial charge is 0.756 e. The number of quaternary nitrogens is 1. The Labute approximate surface area is 186 Å². The van der Waals surface area contributed by atoms with E-state index in [1.807, 2.05) is 21.1 Å². The molecule has 182 valence electrons. The standard InChI is InChI=1S/C23H50NO5P/c1-5-6-7-8-13-16-20-27-21-17-14-11-9-10-12-15-18-22-28-30(25,26)29-23-19-24(2,3)4/h5-23H2,1-4H3. The Balaban J connectivity index is 3.26. The van der Waals surface area contributed by atoms with E-state index in [0.29, 0.717) is 11.0 Å². The molecule has 0 saturated heterocycles. The summed E-state index contributed by atoms with van der Waals surface area (Å²) in [6.45, 7) is 5.08. The van der Waals surface area contributed by atoms with Crippen molar-refractivity contribution in [2.75, 3.05) is 54.1 Å². The molecule has 0 spiro atoms. The fourth-order valence-electron chi connectivity index (χ4n) is 3.09. The van der Waals surface area contributed by atoms with Crippen molar-refractivity contribution in [1.29, 1.82) is 0 Å². The van der Waals surface area contributed by atoms with Gasteiger partial charge in [-0.15, -0.1) is 0 Å². The lowest BCUT2D eigenvalue weighted by Crippen LogP contribution is -2.37. The van der Waals surface area contributed by atoms with Crippen LogP contribution in [0, 0.1) is 0 Å². The van der Waals surface area contributed by atoms with Crippen LogP contribution in [0.1, 0.15) is 96.8 Å². The van der Waals surface area contributed by atoms with Gasteiger partial charge in [0.2, 0.25) is 0 Å². The van der Waals surface area contributed by atoms with Crippen molar-refractivity contribution in [3.8, 4) is 0 Å². The van der Waals surface area contributed by atoms with Gasteiger partial charge in [0.15, 0.2) is 0 Å². The highest BCUT2D eigenvalue weighted by Gasteiger charge is 2.12. The summed E-state index contributed by atoms with van der Waals surface area (Å²) in [5, 5.41) is 0. The molecule has 1 unspecified atom stereocenters. The normalized spacial score (nSPS) is 14.2. The summed E-state index contributed by atoms with van der Waals surface area (Å²) < 4.78 is 27.8. The topological polar surface area (TPSA) is 67.8 Å². The molecule has 0 aliphatic rings. The van der Waals surface area contributed by atoms with Gasteiger partial charge in [0.25, 0.3) is 7.82 Å². The second-order valence-electron chi connectivity index (χ2n) is 9.34. The first-order valence-corrected chi connectivity index (χ1v) is 13.7. The number of hydrogen-bond donors (Lipinski definition) is 0. The zero-order valence-electron chi connectivity index (χ0n) is 20.4. The summed E-state index contributed by atoms with van der Waals surface area (Å²) in [5.74, 6) is 0. The minimum atomic E-state index is -4.14. The summed E-state index contributed by atoms with van der Waals surface area (Å²) in [4.78, 5) is 11.7. The monoisotopic (exact) mass is 451 g/mol. The van der Waals surface area contributed by atoms with E-state index < -0.39 is 7.82 Å². The van der Waals surface area contributed by atoms with Crippen LogP contribution in [0.5, 0.6) is 0 Å². The number of ether oxygens (including phenoxy) is 1. The molecule has 0 aromatic heterocycles. The van der Waals surface area contributed by atoms with E-state index in [1.165, 1.54) is 64.2 Å². The zero-order chi connectivity index (χ0) is 22.6. The molecule has 0 N–H and O–H groups in total. The van der Waals surface area contributed by atoms with Gasteiger partial charge < -0.3 is 23.2 Å². The second-order valence-corrected chi connectivity index (χ2v) is 10.7. The van der Waals surface area contributed by atoms with Gasteiger partial charge in [-0.05, 0) is 19.3 Å². The minimum Gasteiger partial charge on any atom is -0.756 e. The van der Waals surface area contributed by atoms with E-state index in [1.54, 1.807) is 0 Å². The molecule has 0 aliphatic carbocycles. The van der Waals surface area contributed by atoms with Crippen LogP contribution in [0.4, 0.5) is 0 Å². The fraction of sp³-hybridized carbons (Fsp3) is 1.00. The van der Waals surface area contributed by atoms with Gasteiger partial charge >= 0.3 is 0 Å². The summed E-state index contributed by atoms with van der Waals surface area (Å²) in [7, 11) is 1.83. The van der Waals surface area contributed by atoms with Gasteiger partial charge in [-0.2, -0.15) is 0 Å². The van der Waals surface area contributed by atoms with Crippen LogP contribution in [0.2, 0.25) is 0 Å². The summed E-state index contributed by atoms with van der Waals surface area (Å²) in [6, 6.07) is 0. The van der Waals surface area contributed by atoms with E-state index in [-0.39, 0.29) is 13.2 Å². The van der Waals surface area contributed by atoms with Gasteiger partial charge in [0, 0.05) is 13.2 Å². The molecular weight excluding hydrogens is 401 g/mol. The Morgan fingerprint density at radius 3 is 1.50 bits per heavy atom. The highest BCUT2D eigenvalue weighted by atomic mass is 31.2. The Kier molecular flexibility index (Phi) is 19.7. The van der Waals surface area contributed by atoms with Crippen LogP contribution in [-0.4, -0.2) is 58.6 Å². The average molecular weight is 452 g/mol. The van der Waals surface area contributed by atoms with E-state index in [2.05, 4.69) is 6.92 Å². The molecule has 0 aliphatic heterocycles. The number of phosphoric acid groups is 1. The van der Waals surface area contributed by atoms with Crippen molar-refractivity contribution in [3.05, 3.63) is 0 Å². The first-order valence-electron chi connectivity index (χ1n) is 12.2. The third kappa shape index (κ3) is 24.3. The molecule has 7 heteroatoms. The zero-order valence-corrected chi connectivity index (χ0v) is 21.3. The van der Waals surface area contributed by atoms with Crippen LogP contribution >= 0.6 is 7.82 Å². The van der Waals surface area contributed by atoms with E-state index in [9.17, 15) is 9.46 Å². The van der Waals surface area contributed by atoms with Crippen LogP contribution in [-0.2, 0) is 18.3 Å². The quantitative estimate of drug-likeness (QED) is 0.113. The van der Waals surface area contributed by atoms with Crippen molar-refractivity contribution in [3.63, 3.8) is 0 Å². The number of nitrogens with zero attached hydrogens (tertiary/aromatic N) is 1. The number of rotatable bonds is 23. The van der Waals surface area contributed by atoms with Gasteiger partial charge in [-0.1, -0.05) is 77.6 Å². The average Bonchev–Trinajstić information content (AvgIpc) is 2.65. The Morgan fingerprint density at radius 1 is 0.633 bits per heavy atom. The Hall–Kier alpha value is 0.0300. The molecular formula is C23H50NO5P. The molecule has 0 aromatic rings. The summed E-state index contributed by atoms with van der Waals surface area (Å²) in [6.07, 6.45) is 16.9. The van der Waals surface area contributed by atoms with Gasteiger partial charge in [-0.3, -0.25) is 4.57 Å². The smallest absolute Gasteiger partial charge is 0.268 e. The lowest BCUT2D eigenvalue weighted by atomic mass is 10.1. The Bertz CT molecular complexity index is 415. The molecule has 0 amide bonds. The second kappa shape index (κ2) is 19.7. The first kappa shape index (κ1) is 30.0. The van der Waals surface area contributed by atoms with E-state index in [0.717, 1.165) is 38.9 Å². The molecule has 0 aromatic carbocycles. The molecule has 0 heterocycles. The Morgan fingerprint density at radius 2 is 1.03 bits per heavy atom. The van der Waals surface area contributed by atoms with E-state index in [4.69, 9.17) is 13.8 Å². The maximum atomic E-state index is 11.7. The van der Waals surface area contributed by atoms with Crippen LogP contribution in [0.15, 0.2) is 0 Å². The molecule has 0 rings (SSSR count). The highest BCUT2D eigenvalue weighted by Crippen LogP contribution is 2.38. The van der Waals surface area contributed by atoms with Crippen molar-refractivity contribution >= 4 is 7.82 Å². The number of likely N-dealkylation sites (N-methyl/N-ethyl adjacent to an activating group) is 1. The summed E-state index contributed by atoms with van der Waals surface area (Å²) >= 11 is 0. The lowest BCUT2D eigenvalue weighted by molar-refractivity contribution is -0.870. The minimum absolute atomic E-state index is 0.161. The molecule has 0 saturated carbocycles. The molecule has 1 atom stereocenters. The first-order chi connectivity index (χ1) is 14.3. The van der Waals surface area contributed by atoms with Crippen LogP contribution in [0.3, 0.4) is 0 Å². The number of unbranched alkanes of at least 4 members (excludes halogenated alkanes) is 12. The molecule has 0 fully saturated rings.